The minimum absolute atomic E-state index is 0.0436. The number of nitrogens with zero attached hydrogens (tertiary/aromatic N) is 2. The van der Waals surface area contributed by atoms with E-state index in [1.807, 2.05) is 72.5 Å². The number of amides is 3. The molecule has 2 aliphatic carbocycles. The third-order valence-corrected chi connectivity index (χ3v) is 9.15. The number of benzene rings is 2. The largest absolute Gasteiger partial charge is 0.465 e. The number of aromatic nitrogens is 1. The molecule has 1 aromatic heterocycles. The maximum absolute atomic E-state index is 13.1. The molecule has 44 heavy (non-hydrogen) atoms. The van der Waals surface area contributed by atoms with Gasteiger partial charge < -0.3 is 25.7 Å². The summed E-state index contributed by atoms with van der Waals surface area (Å²) < 4.78 is 0. The van der Waals surface area contributed by atoms with Crippen molar-refractivity contribution in [1.82, 2.24) is 15.2 Å². The molecule has 2 aliphatic rings. The number of carboxylic acid groups (broad SMARTS) is 1. The monoisotopic (exact) mass is 598 g/mol. The molecule has 0 saturated heterocycles. The Kier molecular flexibility index (Phi) is 9.06. The lowest BCUT2D eigenvalue weighted by Crippen LogP contribution is -2.61. The van der Waals surface area contributed by atoms with Crippen LogP contribution in [0.2, 0.25) is 0 Å². The van der Waals surface area contributed by atoms with Crippen LogP contribution in [0.4, 0.5) is 10.5 Å². The van der Waals surface area contributed by atoms with Gasteiger partial charge in [0.1, 0.15) is 0 Å². The van der Waals surface area contributed by atoms with Gasteiger partial charge in [-0.2, -0.15) is 0 Å². The molecule has 2 fully saturated rings. The predicted octanol–water partition coefficient (Wildman–Crippen LogP) is 6.18. The first-order valence-electron chi connectivity index (χ1n) is 15.5. The molecular formula is C35H42N4O5. The number of aliphatic hydroxyl groups is 1. The summed E-state index contributed by atoms with van der Waals surface area (Å²) in [6, 6.07) is 19.7. The summed E-state index contributed by atoms with van der Waals surface area (Å²) >= 11 is 0. The van der Waals surface area contributed by atoms with Gasteiger partial charge in [-0.15, -0.1) is 0 Å². The highest BCUT2D eigenvalue weighted by Gasteiger charge is 2.53. The third-order valence-electron chi connectivity index (χ3n) is 9.15. The lowest BCUT2D eigenvalue weighted by atomic mass is 9.62. The van der Waals surface area contributed by atoms with E-state index in [0.717, 1.165) is 53.6 Å². The average molecular weight is 599 g/mol. The summed E-state index contributed by atoms with van der Waals surface area (Å²) in [7, 11) is 0. The quantitative estimate of drug-likeness (QED) is 0.233. The van der Waals surface area contributed by atoms with E-state index < -0.39 is 17.2 Å². The number of nitrogens with one attached hydrogen (secondary N) is 2. The van der Waals surface area contributed by atoms with Crippen LogP contribution < -0.4 is 10.6 Å². The van der Waals surface area contributed by atoms with Crippen LogP contribution in [0.5, 0.6) is 0 Å². The van der Waals surface area contributed by atoms with E-state index in [-0.39, 0.29) is 23.8 Å². The number of rotatable bonds is 9. The van der Waals surface area contributed by atoms with Crippen LogP contribution in [-0.2, 0) is 15.1 Å². The molecule has 0 unspecified atom stereocenters. The number of hydrogen-bond donors (Lipinski definition) is 4. The standard InChI is InChI=1S/C35H42N4O5/c1-4-39(23(2)40)29-16-10-24(11-17-29)18-31(41)37-28-19-30(25-8-6-5-7-9-25)32(36-20-28)26-12-14-27(15-13-26)35(38-33(42)43)21-34(3,44)22-35/h5-9,12-15,19-20,24,29,38,44H,4,10-11,16-18,21-22H2,1-3H3,(H,37,41)(H,42,43). The lowest BCUT2D eigenvalue weighted by molar-refractivity contribution is -0.132. The number of carbonyl (C=O) groups excluding carboxylic acids is 2. The van der Waals surface area contributed by atoms with Crippen molar-refractivity contribution < 1.29 is 24.6 Å². The summed E-state index contributed by atoms with van der Waals surface area (Å²) in [5.41, 5.74) is 3.07. The summed E-state index contributed by atoms with van der Waals surface area (Å²) in [5.74, 6) is 0.356. The Balaban J connectivity index is 1.32. The fourth-order valence-electron chi connectivity index (χ4n) is 7.24. The topological polar surface area (TPSA) is 132 Å². The van der Waals surface area contributed by atoms with Crippen LogP contribution >= 0.6 is 0 Å². The highest BCUT2D eigenvalue weighted by Crippen LogP contribution is 2.48. The highest BCUT2D eigenvalue weighted by atomic mass is 16.4. The number of hydrogen-bond acceptors (Lipinski definition) is 5. The first-order valence-corrected chi connectivity index (χ1v) is 15.5. The van der Waals surface area contributed by atoms with Gasteiger partial charge in [0.05, 0.1) is 28.7 Å². The smallest absolute Gasteiger partial charge is 0.405 e. The van der Waals surface area contributed by atoms with Crippen molar-refractivity contribution in [3.63, 3.8) is 0 Å². The zero-order valence-corrected chi connectivity index (χ0v) is 25.7. The van der Waals surface area contributed by atoms with E-state index in [4.69, 9.17) is 4.98 Å². The molecule has 1 heterocycles. The number of anilines is 1. The molecule has 9 heteroatoms. The molecule has 9 nitrogen and oxygen atoms in total. The van der Waals surface area contributed by atoms with Gasteiger partial charge in [0.15, 0.2) is 0 Å². The van der Waals surface area contributed by atoms with Gasteiger partial charge in [-0.3, -0.25) is 14.6 Å². The van der Waals surface area contributed by atoms with Crippen LogP contribution in [0.15, 0.2) is 66.9 Å². The molecule has 0 radical (unpaired) electrons. The first-order chi connectivity index (χ1) is 21.0. The minimum Gasteiger partial charge on any atom is -0.465 e. The van der Waals surface area contributed by atoms with Crippen molar-refractivity contribution in [3.8, 4) is 22.4 Å². The van der Waals surface area contributed by atoms with E-state index >= 15 is 0 Å². The molecule has 3 aromatic rings. The van der Waals surface area contributed by atoms with Gasteiger partial charge >= 0.3 is 6.09 Å². The highest BCUT2D eigenvalue weighted by molar-refractivity contribution is 5.93. The Morgan fingerprint density at radius 1 is 0.977 bits per heavy atom. The zero-order chi connectivity index (χ0) is 31.5. The zero-order valence-electron chi connectivity index (χ0n) is 25.7. The van der Waals surface area contributed by atoms with Gasteiger partial charge in [0, 0.05) is 49.9 Å². The molecule has 232 valence electrons. The van der Waals surface area contributed by atoms with E-state index in [2.05, 4.69) is 10.6 Å². The Morgan fingerprint density at radius 3 is 2.20 bits per heavy atom. The third kappa shape index (κ3) is 6.94. The maximum atomic E-state index is 13.1. The summed E-state index contributed by atoms with van der Waals surface area (Å²) in [6.07, 6.45) is 5.26. The lowest BCUT2D eigenvalue weighted by Gasteiger charge is -2.51. The van der Waals surface area contributed by atoms with Crippen LogP contribution in [0.1, 0.15) is 71.3 Å². The minimum atomic E-state index is -1.13. The number of carbonyl (C=O) groups is 3. The summed E-state index contributed by atoms with van der Waals surface area (Å²) in [5, 5.41) is 25.5. The number of pyridine rings is 1. The van der Waals surface area contributed by atoms with Crippen LogP contribution in [0, 0.1) is 5.92 Å². The summed E-state index contributed by atoms with van der Waals surface area (Å²) in [4.78, 5) is 43.3. The van der Waals surface area contributed by atoms with E-state index in [9.17, 15) is 24.6 Å². The Morgan fingerprint density at radius 2 is 1.64 bits per heavy atom. The normalized spacial score (nSPS) is 24.5. The predicted molar refractivity (Wildman–Crippen MR) is 170 cm³/mol. The van der Waals surface area contributed by atoms with Crippen LogP contribution in [0.3, 0.4) is 0 Å². The van der Waals surface area contributed by atoms with Gasteiger partial charge in [-0.1, -0.05) is 54.6 Å². The summed E-state index contributed by atoms with van der Waals surface area (Å²) in [6.45, 7) is 6.06. The molecule has 3 amide bonds. The van der Waals surface area contributed by atoms with Gasteiger partial charge in [-0.25, -0.2) is 4.79 Å². The van der Waals surface area contributed by atoms with Gasteiger partial charge in [0.2, 0.25) is 11.8 Å². The van der Waals surface area contributed by atoms with Gasteiger partial charge in [0.25, 0.3) is 0 Å². The van der Waals surface area contributed by atoms with Crippen LogP contribution in [-0.4, -0.2) is 56.2 Å². The van der Waals surface area contributed by atoms with Crippen molar-refractivity contribution >= 4 is 23.6 Å². The first kappa shape index (κ1) is 31.2. The van der Waals surface area contributed by atoms with Gasteiger partial charge in [-0.05, 0) is 62.6 Å². The molecule has 5 rings (SSSR count). The Hall–Kier alpha value is -4.24. The van der Waals surface area contributed by atoms with E-state index in [0.29, 0.717) is 31.5 Å². The SMILES string of the molecule is CCN(C(C)=O)C1CCC(CC(=O)Nc2cnc(-c3ccc(C4(NC(=O)O)CC(C)(O)C4)cc3)c(-c3ccccc3)c2)CC1. The van der Waals surface area contributed by atoms with E-state index in [1.165, 1.54) is 0 Å². The van der Waals surface area contributed by atoms with E-state index in [1.54, 1.807) is 20.0 Å². The molecule has 2 saturated carbocycles. The fraction of sp³-hybridized carbons (Fsp3) is 0.429. The molecular weight excluding hydrogens is 556 g/mol. The Bertz CT molecular complexity index is 1490. The van der Waals surface area contributed by atoms with Crippen LogP contribution in [0.25, 0.3) is 22.4 Å². The second-order valence-electron chi connectivity index (χ2n) is 12.7. The van der Waals surface area contributed by atoms with Crippen molar-refractivity contribution in [2.24, 2.45) is 5.92 Å². The average Bonchev–Trinajstić information content (AvgIpc) is 2.97. The fourth-order valence-corrected chi connectivity index (χ4v) is 7.24. The van der Waals surface area contributed by atoms with Crippen molar-refractivity contribution in [3.05, 3.63) is 72.4 Å². The molecule has 0 atom stereocenters. The molecule has 4 N–H and O–H groups in total. The van der Waals surface area contributed by atoms with Crippen molar-refractivity contribution in [2.75, 3.05) is 11.9 Å². The maximum Gasteiger partial charge on any atom is 0.405 e. The Labute approximate surface area is 258 Å². The molecule has 0 spiro atoms. The molecule has 2 aromatic carbocycles. The van der Waals surface area contributed by atoms with Crippen molar-refractivity contribution in [2.45, 2.75) is 82.9 Å². The molecule has 0 aliphatic heterocycles. The molecule has 0 bridgehead atoms. The van der Waals surface area contributed by atoms with Crippen molar-refractivity contribution in [1.29, 1.82) is 0 Å². The second-order valence-corrected chi connectivity index (χ2v) is 12.7. The second kappa shape index (κ2) is 12.8.